The van der Waals surface area contributed by atoms with Crippen molar-refractivity contribution < 1.29 is 4.79 Å². The molecule has 3 aromatic heterocycles. The van der Waals surface area contributed by atoms with Gasteiger partial charge in [-0.25, -0.2) is 9.97 Å². The summed E-state index contributed by atoms with van der Waals surface area (Å²) in [5.41, 5.74) is 4.39. The summed E-state index contributed by atoms with van der Waals surface area (Å²) in [4.78, 5) is 39.3. The van der Waals surface area contributed by atoms with Gasteiger partial charge in [0.05, 0.1) is 22.7 Å². The molecule has 0 radical (unpaired) electrons. The predicted octanol–water partition coefficient (Wildman–Crippen LogP) is 4.65. The fraction of sp³-hybridized carbons (Fsp3) is 0.167. The summed E-state index contributed by atoms with van der Waals surface area (Å²) in [5, 5.41) is 3.54. The largest absolute Gasteiger partial charge is 0.338 e. The highest BCUT2D eigenvalue weighted by molar-refractivity contribution is 7.18. The van der Waals surface area contributed by atoms with Gasteiger partial charge in [-0.3, -0.25) is 14.2 Å². The quantitative estimate of drug-likeness (QED) is 0.414. The van der Waals surface area contributed by atoms with Crippen LogP contribution >= 0.6 is 11.3 Å². The van der Waals surface area contributed by atoms with E-state index in [2.05, 4.69) is 20.3 Å². The minimum atomic E-state index is -0.160. The smallest absolute Gasteiger partial charge is 0.262 e. The number of aryl methyl sites for hydroxylation is 3. The number of carbonyl (C=O) groups is 1. The number of nitrogens with one attached hydrogen (secondary N) is 2. The molecule has 0 aliphatic carbocycles. The molecule has 0 spiro atoms. The van der Waals surface area contributed by atoms with Crippen LogP contribution in [0.25, 0.3) is 32.6 Å². The number of H-pyrrole nitrogens is 1. The number of para-hydroxylation sites is 2. The zero-order valence-electron chi connectivity index (χ0n) is 17.7. The Bertz CT molecular complexity index is 1480. The average Bonchev–Trinajstić information content (AvgIpc) is 3.35. The van der Waals surface area contributed by atoms with Crippen molar-refractivity contribution in [1.82, 2.24) is 19.5 Å². The maximum Gasteiger partial charge on any atom is 0.262 e. The summed E-state index contributed by atoms with van der Waals surface area (Å²) in [7, 11) is 0. The number of imidazole rings is 1. The molecule has 3 heterocycles. The summed E-state index contributed by atoms with van der Waals surface area (Å²) in [6.45, 7) is 4.20. The zero-order valence-corrected chi connectivity index (χ0v) is 18.5. The molecule has 0 saturated carbocycles. The molecular weight excluding hydrogens is 422 g/mol. The van der Waals surface area contributed by atoms with E-state index in [9.17, 15) is 9.59 Å². The van der Waals surface area contributed by atoms with E-state index in [-0.39, 0.29) is 24.4 Å². The monoisotopic (exact) mass is 443 g/mol. The first-order valence-corrected chi connectivity index (χ1v) is 11.1. The Balaban J connectivity index is 1.25. The normalized spacial score (nSPS) is 11.3. The second-order valence-corrected chi connectivity index (χ2v) is 8.89. The van der Waals surface area contributed by atoms with Crippen LogP contribution in [0.3, 0.4) is 0 Å². The fourth-order valence-electron chi connectivity index (χ4n) is 3.68. The maximum atomic E-state index is 12.8. The van der Waals surface area contributed by atoms with Crippen LogP contribution in [-0.4, -0.2) is 25.4 Å². The van der Waals surface area contributed by atoms with Gasteiger partial charge >= 0.3 is 0 Å². The van der Waals surface area contributed by atoms with Gasteiger partial charge in [0.15, 0.2) is 0 Å². The lowest BCUT2D eigenvalue weighted by Crippen LogP contribution is -2.23. The first-order chi connectivity index (χ1) is 15.5. The van der Waals surface area contributed by atoms with E-state index < -0.39 is 0 Å². The van der Waals surface area contributed by atoms with Gasteiger partial charge in [0.2, 0.25) is 5.91 Å². The highest BCUT2D eigenvalue weighted by atomic mass is 32.1. The molecule has 2 N–H and O–H groups in total. The van der Waals surface area contributed by atoms with Crippen molar-refractivity contribution in [3.05, 3.63) is 75.7 Å². The van der Waals surface area contributed by atoms with Gasteiger partial charge in [-0.15, -0.1) is 11.3 Å². The van der Waals surface area contributed by atoms with Crippen LogP contribution < -0.4 is 10.9 Å². The molecule has 32 heavy (non-hydrogen) atoms. The molecule has 7 nitrogen and oxygen atoms in total. The van der Waals surface area contributed by atoms with Gasteiger partial charge < -0.3 is 10.3 Å². The standard InChI is InChI=1S/C24H21N5O2S/c1-14-15(2)32-23-21(14)24(31)29(13-25-23)12-11-20(30)26-17-9-7-16(8-10-17)22-27-18-5-3-4-6-19(18)28-22/h3-10,13H,11-12H2,1-2H3,(H,26,30)(H,27,28). The lowest BCUT2D eigenvalue weighted by molar-refractivity contribution is -0.116. The number of nitrogens with zero attached hydrogens (tertiary/aromatic N) is 3. The first-order valence-electron chi connectivity index (χ1n) is 10.3. The fourth-order valence-corrected chi connectivity index (χ4v) is 4.66. The molecule has 0 saturated heterocycles. The summed E-state index contributed by atoms with van der Waals surface area (Å²) in [5.74, 6) is 0.622. The molecule has 0 aliphatic heterocycles. The number of aromatic nitrogens is 4. The van der Waals surface area contributed by atoms with Crippen molar-refractivity contribution in [3.8, 4) is 11.4 Å². The molecule has 0 atom stereocenters. The SMILES string of the molecule is Cc1sc2ncn(CCC(=O)Nc3ccc(-c4nc5ccccc5[nH]4)cc3)c(=O)c2c1C. The molecule has 2 aromatic carbocycles. The Kier molecular flexibility index (Phi) is 5.07. The molecule has 0 unspecified atom stereocenters. The topological polar surface area (TPSA) is 92.7 Å². The molecule has 0 aliphatic rings. The second kappa shape index (κ2) is 8.05. The van der Waals surface area contributed by atoms with Crippen LogP contribution in [0, 0.1) is 13.8 Å². The third kappa shape index (κ3) is 3.69. The summed E-state index contributed by atoms with van der Waals surface area (Å²) < 4.78 is 1.51. The number of benzene rings is 2. The van der Waals surface area contributed by atoms with Crippen molar-refractivity contribution in [2.45, 2.75) is 26.8 Å². The van der Waals surface area contributed by atoms with E-state index in [1.807, 2.05) is 62.4 Å². The number of fused-ring (bicyclic) bond motifs is 2. The van der Waals surface area contributed by atoms with Crippen LogP contribution in [-0.2, 0) is 11.3 Å². The van der Waals surface area contributed by atoms with Gasteiger partial charge in [0, 0.05) is 29.1 Å². The van der Waals surface area contributed by atoms with Crippen molar-refractivity contribution in [3.63, 3.8) is 0 Å². The summed E-state index contributed by atoms with van der Waals surface area (Å²) >= 11 is 1.52. The molecule has 160 valence electrons. The second-order valence-electron chi connectivity index (χ2n) is 7.68. The molecule has 1 amide bonds. The molecule has 0 fully saturated rings. The Hall–Kier alpha value is -3.78. The van der Waals surface area contributed by atoms with Gasteiger partial charge in [-0.1, -0.05) is 12.1 Å². The van der Waals surface area contributed by atoms with Crippen molar-refractivity contribution in [1.29, 1.82) is 0 Å². The Morgan fingerprint density at radius 2 is 1.91 bits per heavy atom. The van der Waals surface area contributed by atoms with Crippen LogP contribution in [0.2, 0.25) is 0 Å². The van der Waals surface area contributed by atoms with Gasteiger partial charge in [-0.2, -0.15) is 0 Å². The van der Waals surface area contributed by atoms with Crippen LogP contribution in [0.1, 0.15) is 16.9 Å². The number of aromatic amines is 1. The number of thiophene rings is 1. The van der Waals surface area contributed by atoms with Crippen molar-refractivity contribution in [2.24, 2.45) is 0 Å². The molecule has 5 rings (SSSR count). The molecular formula is C24H21N5O2S. The van der Waals surface area contributed by atoms with Crippen LogP contribution in [0.15, 0.2) is 59.7 Å². The van der Waals surface area contributed by atoms with E-state index in [0.717, 1.165) is 37.7 Å². The first kappa shape index (κ1) is 20.1. The number of hydrogen-bond donors (Lipinski definition) is 2. The van der Waals surface area contributed by atoms with E-state index in [4.69, 9.17) is 0 Å². The molecule has 8 heteroatoms. The number of amides is 1. The van der Waals surface area contributed by atoms with E-state index >= 15 is 0 Å². The maximum absolute atomic E-state index is 12.8. The number of carbonyl (C=O) groups excluding carboxylic acids is 1. The van der Waals surface area contributed by atoms with Crippen molar-refractivity contribution >= 4 is 44.2 Å². The third-order valence-electron chi connectivity index (χ3n) is 5.57. The Labute approximate surface area is 187 Å². The number of anilines is 1. The average molecular weight is 444 g/mol. The van der Waals surface area contributed by atoms with Crippen LogP contribution in [0.5, 0.6) is 0 Å². The Morgan fingerprint density at radius 1 is 1.12 bits per heavy atom. The lowest BCUT2D eigenvalue weighted by Gasteiger charge is -2.08. The van der Waals surface area contributed by atoms with E-state index in [1.54, 1.807) is 0 Å². The van der Waals surface area contributed by atoms with Crippen molar-refractivity contribution in [2.75, 3.05) is 5.32 Å². The van der Waals surface area contributed by atoms with Gasteiger partial charge in [-0.05, 0) is 55.8 Å². The minimum absolute atomic E-state index is 0.0974. The predicted molar refractivity (Wildman–Crippen MR) is 128 cm³/mol. The van der Waals surface area contributed by atoms with E-state index in [1.165, 1.54) is 22.2 Å². The minimum Gasteiger partial charge on any atom is -0.338 e. The highest BCUT2D eigenvalue weighted by Crippen LogP contribution is 2.25. The lowest BCUT2D eigenvalue weighted by atomic mass is 10.2. The molecule has 5 aromatic rings. The van der Waals surface area contributed by atoms with Gasteiger partial charge in [0.1, 0.15) is 10.7 Å². The zero-order chi connectivity index (χ0) is 22.2. The van der Waals surface area contributed by atoms with Crippen LogP contribution in [0.4, 0.5) is 5.69 Å². The molecule has 0 bridgehead atoms. The number of rotatable bonds is 5. The Morgan fingerprint density at radius 3 is 2.69 bits per heavy atom. The van der Waals surface area contributed by atoms with E-state index in [0.29, 0.717) is 11.1 Å². The number of hydrogen-bond acceptors (Lipinski definition) is 5. The summed E-state index contributed by atoms with van der Waals surface area (Å²) in [6.07, 6.45) is 1.70. The van der Waals surface area contributed by atoms with Gasteiger partial charge in [0.25, 0.3) is 5.56 Å². The summed E-state index contributed by atoms with van der Waals surface area (Å²) in [6, 6.07) is 15.4. The highest BCUT2D eigenvalue weighted by Gasteiger charge is 2.13. The third-order valence-corrected chi connectivity index (χ3v) is 6.68.